The summed E-state index contributed by atoms with van der Waals surface area (Å²) in [5.74, 6) is 0.0591. The van der Waals surface area contributed by atoms with Gasteiger partial charge in [-0.15, -0.1) is 0 Å². The molecule has 0 aliphatic rings. The number of carboxylic acid groups (broad SMARTS) is 1. The number of carbonyl (C=O) groups is 1. The van der Waals surface area contributed by atoms with Gasteiger partial charge in [0.25, 0.3) is 0 Å². The summed E-state index contributed by atoms with van der Waals surface area (Å²) in [5, 5.41) is 10.6. The second-order valence-corrected chi connectivity index (χ2v) is 5.39. The Bertz CT molecular complexity index is 622. The van der Waals surface area contributed by atoms with Gasteiger partial charge < -0.3 is 9.84 Å². The molecule has 0 aliphatic heterocycles. The molecule has 0 saturated carbocycles. The van der Waals surface area contributed by atoms with Crippen LogP contribution < -0.4 is 4.74 Å². The monoisotopic (exact) mass is 273 g/mol. The molecule has 0 amide bonds. The third kappa shape index (κ3) is 3.07. The molecule has 0 spiro atoms. The topological polar surface area (TPSA) is 59.4 Å². The summed E-state index contributed by atoms with van der Waals surface area (Å²) in [5.41, 5.74) is 0.199. The van der Waals surface area contributed by atoms with Crippen LogP contribution in [0.5, 0.6) is 5.88 Å². The normalized spacial score (nSPS) is 12.6. The number of aromatic nitrogens is 1. The molecule has 1 heterocycles. The molecule has 1 aromatic carbocycles. The Balaban J connectivity index is 2.40. The van der Waals surface area contributed by atoms with E-state index in [1.807, 2.05) is 25.1 Å². The van der Waals surface area contributed by atoms with Crippen LogP contribution in [0.15, 0.2) is 30.5 Å². The van der Waals surface area contributed by atoms with E-state index in [1.54, 1.807) is 6.07 Å². The van der Waals surface area contributed by atoms with Crippen LogP contribution in [0.25, 0.3) is 10.8 Å². The standard InChI is InChI=1S/C16H19NO3/c1-10(2)8-11(3)20-15-13-7-5-4-6-12(13)14(9-17-15)16(18)19/h4-7,9-11H,8H2,1-3H3,(H,18,19). The van der Waals surface area contributed by atoms with Gasteiger partial charge in [0, 0.05) is 17.0 Å². The number of rotatable bonds is 5. The Morgan fingerprint density at radius 1 is 1.25 bits per heavy atom. The fourth-order valence-corrected chi connectivity index (χ4v) is 2.33. The SMILES string of the molecule is CC(C)CC(C)Oc1ncc(C(=O)O)c2ccccc12. The molecule has 0 aliphatic carbocycles. The predicted molar refractivity (Wildman–Crippen MR) is 78.2 cm³/mol. The quantitative estimate of drug-likeness (QED) is 0.901. The molecule has 0 bridgehead atoms. The highest BCUT2D eigenvalue weighted by atomic mass is 16.5. The lowest BCUT2D eigenvalue weighted by molar-refractivity contribution is 0.0698. The van der Waals surface area contributed by atoms with Crippen LogP contribution in [0.4, 0.5) is 0 Å². The first-order chi connectivity index (χ1) is 9.49. The Labute approximate surface area is 118 Å². The minimum absolute atomic E-state index is 0.0431. The van der Waals surface area contributed by atoms with Crippen molar-refractivity contribution in [2.45, 2.75) is 33.3 Å². The smallest absolute Gasteiger partial charge is 0.337 e. The summed E-state index contributed by atoms with van der Waals surface area (Å²) >= 11 is 0. The van der Waals surface area contributed by atoms with E-state index in [2.05, 4.69) is 18.8 Å². The molecule has 0 radical (unpaired) electrons. The number of hydrogen-bond acceptors (Lipinski definition) is 3. The number of ether oxygens (including phenoxy) is 1. The lowest BCUT2D eigenvalue weighted by Crippen LogP contribution is -2.15. The lowest BCUT2D eigenvalue weighted by Gasteiger charge is -2.17. The van der Waals surface area contributed by atoms with E-state index in [4.69, 9.17) is 4.74 Å². The molecule has 1 atom stereocenters. The lowest BCUT2D eigenvalue weighted by atomic mass is 10.1. The van der Waals surface area contributed by atoms with Gasteiger partial charge in [-0.3, -0.25) is 0 Å². The molecule has 1 unspecified atom stereocenters. The minimum atomic E-state index is -0.976. The van der Waals surface area contributed by atoms with Crippen LogP contribution in [-0.4, -0.2) is 22.2 Å². The van der Waals surface area contributed by atoms with E-state index in [9.17, 15) is 9.90 Å². The largest absolute Gasteiger partial charge is 0.478 e. The zero-order valence-corrected chi connectivity index (χ0v) is 12.0. The first-order valence-electron chi connectivity index (χ1n) is 6.76. The maximum Gasteiger partial charge on any atom is 0.337 e. The van der Waals surface area contributed by atoms with Crippen molar-refractivity contribution in [1.82, 2.24) is 4.98 Å². The summed E-state index contributed by atoms with van der Waals surface area (Å²) in [6.45, 7) is 6.28. The van der Waals surface area contributed by atoms with Crippen molar-refractivity contribution in [3.05, 3.63) is 36.0 Å². The zero-order chi connectivity index (χ0) is 14.7. The molecule has 20 heavy (non-hydrogen) atoms. The Morgan fingerprint density at radius 2 is 1.90 bits per heavy atom. The predicted octanol–water partition coefficient (Wildman–Crippen LogP) is 3.75. The third-order valence-corrected chi connectivity index (χ3v) is 3.11. The first-order valence-corrected chi connectivity index (χ1v) is 6.76. The van der Waals surface area contributed by atoms with Crippen LogP contribution in [0, 0.1) is 5.92 Å². The van der Waals surface area contributed by atoms with Crippen LogP contribution in [0.3, 0.4) is 0 Å². The number of pyridine rings is 1. The number of hydrogen-bond donors (Lipinski definition) is 1. The summed E-state index contributed by atoms with van der Waals surface area (Å²) in [4.78, 5) is 15.4. The van der Waals surface area contributed by atoms with Crippen molar-refractivity contribution in [3.63, 3.8) is 0 Å². The highest BCUT2D eigenvalue weighted by molar-refractivity contribution is 6.04. The molecule has 106 valence electrons. The van der Waals surface area contributed by atoms with Crippen LogP contribution >= 0.6 is 0 Å². The average molecular weight is 273 g/mol. The molecular formula is C16H19NO3. The van der Waals surface area contributed by atoms with Gasteiger partial charge in [0.05, 0.1) is 11.7 Å². The molecule has 4 heteroatoms. The van der Waals surface area contributed by atoms with Gasteiger partial charge in [-0.1, -0.05) is 32.0 Å². The first kappa shape index (κ1) is 14.3. The fraction of sp³-hybridized carbons (Fsp3) is 0.375. The van der Waals surface area contributed by atoms with E-state index in [-0.39, 0.29) is 11.7 Å². The van der Waals surface area contributed by atoms with E-state index in [0.717, 1.165) is 11.8 Å². The van der Waals surface area contributed by atoms with E-state index in [1.165, 1.54) is 6.20 Å². The Kier molecular flexibility index (Phi) is 4.23. The molecule has 2 aromatic rings. The highest BCUT2D eigenvalue weighted by Gasteiger charge is 2.15. The minimum Gasteiger partial charge on any atom is -0.478 e. The number of fused-ring (bicyclic) bond motifs is 1. The second kappa shape index (κ2) is 5.90. The molecule has 0 fully saturated rings. The second-order valence-electron chi connectivity index (χ2n) is 5.39. The van der Waals surface area contributed by atoms with Crippen LogP contribution in [-0.2, 0) is 0 Å². The maximum absolute atomic E-state index is 11.2. The molecule has 0 saturated heterocycles. The van der Waals surface area contributed by atoms with Crippen molar-refractivity contribution >= 4 is 16.7 Å². The van der Waals surface area contributed by atoms with E-state index in [0.29, 0.717) is 17.2 Å². The summed E-state index contributed by atoms with van der Waals surface area (Å²) < 4.78 is 5.87. The Hall–Kier alpha value is -2.10. The van der Waals surface area contributed by atoms with Gasteiger partial charge in [-0.25, -0.2) is 9.78 Å². The van der Waals surface area contributed by atoms with E-state index >= 15 is 0 Å². The number of aromatic carboxylic acids is 1. The van der Waals surface area contributed by atoms with Gasteiger partial charge in [0.15, 0.2) is 0 Å². The molecule has 1 aromatic heterocycles. The van der Waals surface area contributed by atoms with E-state index < -0.39 is 5.97 Å². The van der Waals surface area contributed by atoms with Crippen molar-refractivity contribution in [1.29, 1.82) is 0 Å². The average Bonchev–Trinajstić information content (AvgIpc) is 2.37. The maximum atomic E-state index is 11.2. The summed E-state index contributed by atoms with van der Waals surface area (Å²) in [6, 6.07) is 7.29. The third-order valence-electron chi connectivity index (χ3n) is 3.11. The molecular weight excluding hydrogens is 254 g/mol. The van der Waals surface area contributed by atoms with Crippen LogP contribution in [0.2, 0.25) is 0 Å². The number of nitrogens with zero attached hydrogens (tertiary/aromatic N) is 1. The Morgan fingerprint density at radius 3 is 2.50 bits per heavy atom. The zero-order valence-electron chi connectivity index (χ0n) is 12.0. The summed E-state index contributed by atoms with van der Waals surface area (Å²) in [6.07, 6.45) is 2.33. The van der Waals surface area contributed by atoms with Crippen molar-refractivity contribution in [2.75, 3.05) is 0 Å². The fourth-order valence-electron chi connectivity index (χ4n) is 2.33. The van der Waals surface area contributed by atoms with Crippen molar-refractivity contribution in [2.24, 2.45) is 5.92 Å². The van der Waals surface area contributed by atoms with Crippen LogP contribution in [0.1, 0.15) is 37.6 Å². The van der Waals surface area contributed by atoms with Crippen molar-refractivity contribution in [3.8, 4) is 5.88 Å². The van der Waals surface area contributed by atoms with Crippen molar-refractivity contribution < 1.29 is 14.6 Å². The van der Waals surface area contributed by atoms with Gasteiger partial charge in [0.1, 0.15) is 0 Å². The number of carboxylic acids is 1. The summed E-state index contributed by atoms with van der Waals surface area (Å²) in [7, 11) is 0. The van der Waals surface area contributed by atoms with Gasteiger partial charge in [-0.05, 0) is 25.3 Å². The molecule has 4 nitrogen and oxygen atoms in total. The van der Waals surface area contributed by atoms with Gasteiger partial charge in [-0.2, -0.15) is 0 Å². The number of benzene rings is 1. The molecule has 2 rings (SSSR count). The van der Waals surface area contributed by atoms with Gasteiger partial charge >= 0.3 is 5.97 Å². The molecule has 1 N–H and O–H groups in total. The van der Waals surface area contributed by atoms with Gasteiger partial charge in [0.2, 0.25) is 5.88 Å². The highest BCUT2D eigenvalue weighted by Crippen LogP contribution is 2.27.